The Morgan fingerprint density at radius 1 is 0.960 bits per heavy atom. The molecule has 125 valence electrons. The van der Waals surface area contributed by atoms with Gasteiger partial charge in [0.25, 0.3) is 0 Å². The predicted molar refractivity (Wildman–Crippen MR) is 88.7 cm³/mol. The third-order valence-corrected chi connectivity index (χ3v) is 4.09. The van der Waals surface area contributed by atoms with Crippen molar-refractivity contribution in [1.82, 2.24) is 0 Å². The minimum Gasteiger partial charge on any atom is -0.497 e. The fraction of sp³-hybridized carbons (Fsp3) is 0.100. The molecule has 0 atom stereocenters. The SMILES string of the molecule is COc1ccc(-c2c(-c3ccc4c(c3)OCO4)c[c]c(F)c2F)cc1. The molecular formula is C20H13F2O3. The second-order valence-electron chi connectivity index (χ2n) is 5.50. The normalized spacial score (nSPS) is 12.3. The maximum atomic E-state index is 14.6. The van der Waals surface area contributed by atoms with Gasteiger partial charge in [-0.15, -0.1) is 0 Å². The first-order valence-corrected chi connectivity index (χ1v) is 7.61. The zero-order valence-electron chi connectivity index (χ0n) is 13.3. The van der Waals surface area contributed by atoms with Gasteiger partial charge in [-0.25, -0.2) is 8.78 Å². The van der Waals surface area contributed by atoms with Crippen LogP contribution in [0.4, 0.5) is 8.78 Å². The van der Waals surface area contributed by atoms with Crippen LogP contribution in [0.3, 0.4) is 0 Å². The quantitative estimate of drug-likeness (QED) is 0.684. The highest BCUT2D eigenvalue weighted by Gasteiger charge is 2.20. The van der Waals surface area contributed by atoms with Gasteiger partial charge >= 0.3 is 0 Å². The molecule has 0 aromatic heterocycles. The van der Waals surface area contributed by atoms with Gasteiger partial charge in [0.2, 0.25) is 6.79 Å². The van der Waals surface area contributed by atoms with Crippen molar-refractivity contribution < 1.29 is 23.0 Å². The number of rotatable bonds is 3. The lowest BCUT2D eigenvalue weighted by molar-refractivity contribution is 0.174. The molecule has 1 aliphatic rings. The Labute approximate surface area is 143 Å². The smallest absolute Gasteiger partial charge is 0.231 e. The molecule has 3 aromatic carbocycles. The summed E-state index contributed by atoms with van der Waals surface area (Å²) < 4.78 is 44.2. The maximum Gasteiger partial charge on any atom is 0.231 e. The second kappa shape index (κ2) is 6.09. The Bertz CT molecular complexity index is 936. The van der Waals surface area contributed by atoms with E-state index in [9.17, 15) is 8.78 Å². The van der Waals surface area contributed by atoms with E-state index >= 15 is 0 Å². The maximum absolute atomic E-state index is 14.6. The van der Waals surface area contributed by atoms with E-state index in [4.69, 9.17) is 14.2 Å². The molecule has 1 radical (unpaired) electrons. The van der Waals surface area contributed by atoms with Gasteiger partial charge in [0.15, 0.2) is 23.1 Å². The Kier molecular flexibility index (Phi) is 3.76. The minimum absolute atomic E-state index is 0.147. The molecule has 0 unspecified atom stereocenters. The van der Waals surface area contributed by atoms with E-state index in [1.165, 1.54) is 6.07 Å². The van der Waals surface area contributed by atoms with E-state index in [1.54, 1.807) is 49.6 Å². The van der Waals surface area contributed by atoms with E-state index < -0.39 is 11.6 Å². The minimum atomic E-state index is -1.02. The van der Waals surface area contributed by atoms with Crippen LogP contribution >= 0.6 is 0 Å². The first kappa shape index (κ1) is 15.4. The van der Waals surface area contributed by atoms with Crippen molar-refractivity contribution in [2.45, 2.75) is 0 Å². The van der Waals surface area contributed by atoms with Gasteiger partial charge in [0.05, 0.1) is 7.11 Å². The molecule has 0 bridgehead atoms. The third-order valence-electron chi connectivity index (χ3n) is 4.09. The summed E-state index contributed by atoms with van der Waals surface area (Å²) in [6.07, 6.45) is 0. The summed E-state index contributed by atoms with van der Waals surface area (Å²) in [7, 11) is 1.55. The standard InChI is InChI=1S/C20H13F2O3/c1-23-14-5-2-12(3-6-14)19-15(7-8-16(21)20(19)22)13-4-9-17-18(10-13)25-11-24-17/h2-7,9-10H,11H2,1H3. The van der Waals surface area contributed by atoms with Crippen LogP contribution in [0, 0.1) is 17.7 Å². The van der Waals surface area contributed by atoms with Crippen LogP contribution in [-0.4, -0.2) is 13.9 Å². The summed E-state index contributed by atoms with van der Waals surface area (Å²) in [4.78, 5) is 0. The van der Waals surface area contributed by atoms with E-state index in [-0.39, 0.29) is 12.4 Å². The topological polar surface area (TPSA) is 27.7 Å². The molecule has 0 saturated heterocycles. The summed E-state index contributed by atoms with van der Waals surface area (Å²) >= 11 is 0. The van der Waals surface area contributed by atoms with Crippen LogP contribution in [0.15, 0.2) is 48.5 Å². The summed E-state index contributed by atoms with van der Waals surface area (Å²) in [6, 6.07) is 15.8. The van der Waals surface area contributed by atoms with Crippen LogP contribution in [-0.2, 0) is 0 Å². The Balaban J connectivity index is 1.89. The Morgan fingerprint density at radius 2 is 1.68 bits per heavy atom. The Hall–Kier alpha value is -3.08. The average Bonchev–Trinajstić information content (AvgIpc) is 3.11. The van der Waals surface area contributed by atoms with E-state index in [2.05, 4.69) is 6.07 Å². The zero-order valence-corrected chi connectivity index (χ0v) is 13.3. The third kappa shape index (κ3) is 2.67. The number of ether oxygens (including phenoxy) is 3. The van der Waals surface area contributed by atoms with E-state index in [1.807, 2.05) is 0 Å². The molecule has 0 N–H and O–H groups in total. The van der Waals surface area contributed by atoms with Crippen molar-refractivity contribution in [2.24, 2.45) is 0 Å². The fourth-order valence-electron chi connectivity index (χ4n) is 2.83. The number of halogens is 2. The van der Waals surface area contributed by atoms with Crippen LogP contribution in [0.5, 0.6) is 17.2 Å². The van der Waals surface area contributed by atoms with Gasteiger partial charge in [-0.3, -0.25) is 0 Å². The van der Waals surface area contributed by atoms with Gasteiger partial charge in [-0.1, -0.05) is 18.2 Å². The van der Waals surface area contributed by atoms with Crippen molar-refractivity contribution in [1.29, 1.82) is 0 Å². The molecule has 3 nitrogen and oxygen atoms in total. The van der Waals surface area contributed by atoms with Crippen molar-refractivity contribution >= 4 is 0 Å². The largest absolute Gasteiger partial charge is 0.497 e. The van der Waals surface area contributed by atoms with E-state index in [0.29, 0.717) is 33.9 Å². The van der Waals surface area contributed by atoms with Crippen molar-refractivity contribution in [3.05, 3.63) is 66.2 Å². The lowest BCUT2D eigenvalue weighted by atomic mass is 9.93. The molecule has 25 heavy (non-hydrogen) atoms. The average molecular weight is 339 g/mol. The summed E-state index contributed by atoms with van der Waals surface area (Å²) in [5.74, 6) is -0.128. The number of fused-ring (bicyclic) bond motifs is 1. The number of methoxy groups -OCH3 is 1. The van der Waals surface area contributed by atoms with Gasteiger partial charge in [0, 0.05) is 11.6 Å². The monoisotopic (exact) mass is 339 g/mol. The second-order valence-corrected chi connectivity index (χ2v) is 5.50. The summed E-state index contributed by atoms with van der Waals surface area (Å²) in [5, 5.41) is 0. The molecule has 5 heteroatoms. The lowest BCUT2D eigenvalue weighted by Gasteiger charge is -2.13. The van der Waals surface area contributed by atoms with Crippen molar-refractivity contribution in [3.63, 3.8) is 0 Å². The van der Waals surface area contributed by atoms with Crippen LogP contribution in [0.25, 0.3) is 22.3 Å². The highest BCUT2D eigenvalue weighted by molar-refractivity contribution is 5.85. The number of benzene rings is 3. The van der Waals surface area contributed by atoms with Crippen LogP contribution < -0.4 is 14.2 Å². The zero-order chi connectivity index (χ0) is 17.4. The van der Waals surface area contributed by atoms with Gasteiger partial charge < -0.3 is 14.2 Å². The number of hydrogen-bond acceptors (Lipinski definition) is 3. The van der Waals surface area contributed by atoms with Gasteiger partial charge in [-0.05, 0) is 47.0 Å². The van der Waals surface area contributed by atoms with Crippen molar-refractivity contribution in [3.8, 4) is 39.5 Å². The first-order chi connectivity index (χ1) is 12.2. The molecular weight excluding hydrogens is 326 g/mol. The van der Waals surface area contributed by atoms with Gasteiger partial charge in [-0.2, -0.15) is 0 Å². The summed E-state index contributed by atoms with van der Waals surface area (Å²) in [5.41, 5.74) is 1.91. The van der Waals surface area contributed by atoms with Crippen molar-refractivity contribution in [2.75, 3.05) is 13.9 Å². The molecule has 0 aliphatic carbocycles. The molecule has 1 heterocycles. The molecule has 3 aromatic rings. The molecule has 0 amide bonds. The summed E-state index contributed by atoms with van der Waals surface area (Å²) in [6.45, 7) is 0.147. The Morgan fingerprint density at radius 3 is 2.44 bits per heavy atom. The molecule has 4 rings (SSSR count). The highest BCUT2D eigenvalue weighted by atomic mass is 19.2. The molecule has 1 aliphatic heterocycles. The lowest BCUT2D eigenvalue weighted by Crippen LogP contribution is -1.95. The molecule has 0 saturated carbocycles. The van der Waals surface area contributed by atoms with Crippen LogP contribution in [0.2, 0.25) is 0 Å². The van der Waals surface area contributed by atoms with Crippen LogP contribution in [0.1, 0.15) is 0 Å². The fourth-order valence-corrected chi connectivity index (χ4v) is 2.83. The number of hydrogen-bond donors (Lipinski definition) is 0. The van der Waals surface area contributed by atoms with E-state index in [0.717, 1.165) is 0 Å². The first-order valence-electron chi connectivity index (χ1n) is 7.61. The molecule has 0 spiro atoms. The highest BCUT2D eigenvalue weighted by Crippen LogP contribution is 2.40. The predicted octanol–water partition coefficient (Wildman–Crippen LogP) is 4.84. The van der Waals surface area contributed by atoms with Gasteiger partial charge in [0.1, 0.15) is 5.75 Å². The molecule has 0 fully saturated rings.